The second kappa shape index (κ2) is 6.11. The van der Waals surface area contributed by atoms with Gasteiger partial charge >= 0.3 is 0 Å². The molecule has 2 rings (SSSR count). The molecule has 1 aliphatic heterocycles. The van der Waals surface area contributed by atoms with Gasteiger partial charge in [0.25, 0.3) is 0 Å². The van der Waals surface area contributed by atoms with Gasteiger partial charge in [-0.1, -0.05) is 18.3 Å². The molecule has 3 nitrogen and oxygen atoms in total. The van der Waals surface area contributed by atoms with Crippen molar-refractivity contribution in [2.75, 3.05) is 24.2 Å². The lowest BCUT2D eigenvalue weighted by molar-refractivity contribution is -0.00523. The number of benzene rings is 1. The first-order valence-electron chi connectivity index (χ1n) is 6.40. The highest BCUT2D eigenvalue weighted by atomic mass is 32.2. The number of rotatable bonds is 3. The van der Waals surface area contributed by atoms with Crippen LogP contribution in [-0.2, 0) is 4.74 Å². The molecule has 2 unspecified atom stereocenters. The molecule has 2 atom stereocenters. The summed E-state index contributed by atoms with van der Waals surface area (Å²) >= 11 is 6.92. The van der Waals surface area contributed by atoms with E-state index >= 15 is 0 Å². The van der Waals surface area contributed by atoms with Crippen molar-refractivity contribution in [2.24, 2.45) is 5.73 Å². The molecule has 1 aliphatic rings. The Morgan fingerprint density at radius 2 is 2.00 bits per heavy atom. The third kappa shape index (κ3) is 3.22. The van der Waals surface area contributed by atoms with E-state index in [4.69, 9.17) is 22.7 Å². The van der Waals surface area contributed by atoms with Gasteiger partial charge in [-0.05, 0) is 32.2 Å². The van der Waals surface area contributed by atoms with E-state index < -0.39 is 0 Å². The number of nitrogens with zero attached hydrogens (tertiary/aromatic N) is 1. The van der Waals surface area contributed by atoms with Crippen molar-refractivity contribution in [3.05, 3.63) is 23.8 Å². The minimum absolute atomic E-state index is 0.223. The Balaban J connectivity index is 2.41. The molecule has 1 fully saturated rings. The van der Waals surface area contributed by atoms with E-state index in [1.165, 1.54) is 0 Å². The van der Waals surface area contributed by atoms with Crippen LogP contribution < -0.4 is 10.6 Å². The molecule has 0 amide bonds. The van der Waals surface area contributed by atoms with Gasteiger partial charge in [-0.2, -0.15) is 0 Å². The number of thiocarbonyl (C=S) groups is 1. The minimum atomic E-state index is 0.223. The molecule has 104 valence electrons. The predicted octanol–water partition coefficient (Wildman–Crippen LogP) is 2.66. The summed E-state index contributed by atoms with van der Waals surface area (Å²) in [6.07, 6.45) is 2.49. The SMILES string of the molecule is CSc1cccc(N2CC(C)OC(C)C2)c1C(N)=S. The van der Waals surface area contributed by atoms with Crippen LogP contribution in [0.2, 0.25) is 0 Å². The van der Waals surface area contributed by atoms with Crippen LogP contribution in [0.3, 0.4) is 0 Å². The standard InChI is InChI=1S/C14H20N2OS2/c1-9-7-16(8-10(2)17-9)11-5-4-6-12(19-3)13(11)14(15)18/h4-6,9-10H,7-8H2,1-3H3,(H2,15,18). The first-order valence-corrected chi connectivity index (χ1v) is 8.03. The van der Waals surface area contributed by atoms with Gasteiger partial charge in [0.15, 0.2) is 0 Å². The second-order valence-electron chi connectivity index (χ2n) is 4.88. The highest BCUT2D eigenvalue weighted by molar-refractivity contribution is 7.98. The van der Waals surface area contributed by atoms with E-state index in [0.29, 0.717) is 4.99 Å². The molecule has 0 spiro atoms. The van der Waals surface area contributed by atoms with E-state index in [0.717, 1.165) is 29.2 Å². The molecule has 0 saturated carbocycles. The monoisotopic (exact) mass is 296 g/mol. The van der Waals surface area contributed by atoms with Crippen molar-refractivity contribution in [1.82, 2.24) is 0 Å². The topological polar surface area (TPSA) is 38.5 Å². The fourth-order valence-corrected chi connectivity index (χ4v) is 3.49. The number of nitrogens with two attached hydrogens (primary N) is 1. The van der Waals surface area contributed by atoms with Crippen LogP contribution in [0.25, 0.3) is 0 Å². The predicted molar refractivity (Wildman–Crippen MR) is 86.3 cm³/mol. The van der Waals surface area contributed by atoms with Crippen LogP contribution >= 0.6 is 24.0 Å². The van der Waals surface area contributed by atoms with Gasteiger partial charge < -0.3 is 15.4 Å². The molecule has 1 saturated heterocycles. The van der Waals surface area contributed by atoms with Crippen LogP contribution in [0.4, 0.5) is 5.69 Å². The number of hydrogen-bond donors (Lipinski definition) is 1. The molecular weight excluding hydrogens is 276 g/mol. The van der Waals surface area contributed by atoms with Gasteiger partial charge in [-0.15, -0.1) is 11.8 Å². The van der Waals surface area contributed by atoms with E-state index in [1.54, 1.807) is 11.8 Å². The van der Waals surface area contributed by atoms with Gasteiger partial charge in [-0.3, -0.25) is 0 Å². The number of ether oxygens (including phenoxy) is 1. The maximum Gasteiger partial charge on any atom is 0.107 e. The Morgan fingerprint density at radius 3 is 2.53 bits per heavy atom. The van der Waals surface area contributed by atoms with Crippen LogP contribution in [0.5, 0.6) is 0 Å². The average molecular weight is 296 g/mol. The molecule has 1 heterocycles. The molecule has 1 aromatic carbocycles. The summed E-state index contributed by atoms with van der Waals surface area (Å²) in [5.74, 6) is 0. The summed E-state index contributed by atoms with van der Waals surface area (Å²) < 4.78 is 5.78. The lowest BCUT2D eigenvalue weighted by Gasteiger charge is -2.38. The summed E-state index contributed by atoms with van der Waals surface area (Å²) in [7, 11) is 0. The lowest BCUT2D eigenvalue weighted by Crippen LogP contribution is -2.46. The zero-order valence-corrected chi connectivity index (χ0v) is 13.2. The van der Waals surface area contributed by atoms with Crippen molar-refractivity contribution in [1.29, 1.82) is 0 Å². The highest BCUT2D eigenvalue weighted by Crippen LogP contribution is 2.31. The molecule has 0 aliphatic carbocycles. The molecule has 19 heavy (non-hydrogen) atoms. The Morgan fingerprint density at radius 1 is 1.37 bits per heavy atom. The molecule has 0 bridgehead atoms. The lowest BCUT2D eigenvalue weighted by atomic mass is 10.1. The van der Waals surface area contributed by atoms with Gasteiger partial charge in [-0.25, -0.2) is 0 Å². The smallest absolute Gasteiger partial charge is 0.107 e. The Bertz CT molecular complexity index is 469. The Labute approximate surface area is 124 Å². The summed E-state index contributed by atoms with van der Waals surface area (Å²) in [5, 5.41) is 0. The van der Waals surface area contributed by atoms with Gasteiger partial charge in [0, 0.05) is 29.2 Å². The maximum absolute atomic E-state index is 5.93. The number of anilines is 1. The first kappa shape index (κ1) is 14.6. The largest absolute Gasteiger partial charge is 0.389 e. The van der Waals surface area contributed by atoms with Gasteiger partial charge in [0.2, 0.25) is 0 Å². The summed E-state index contributed by atoms with van der Waals surface area (Å²) in [6.45, 7) is 5.94. The number of hydrogen-bond acceptors (Lipinski definition) is 4. The third-order valence-corrected chi connectivity index (χ3v) is 4.22. The minimum Gasteiger partial charge on any atom is -0.389 e. The average Bonchev–Trinajstić information content (AvgIpc) is 2.36. The van der Waals surface area contributed by atoms with Crippen LogP contribution in [0.1, 0.15) is 19.4 Å². The molecule has 5 heteroatoms. The van der Waals surface area contributed by atoms with E-state index in [-0.39, 0.29) is 12.2 Å². The van der Waals surface area contributed by atoms with Gasteiger partial charge in [0.05, 0.1) is 12.2 Å². The van der Waals surface area contributed by atoms with E-state index in [2.05, 4.69) is 36.9 Å². The summed E-state index contributed by atoms with van der Waals surface area (Å²) in [5.41, 5.74) is 8.05. The normalized spacial score (nSPS) is 23.4. The van der Waals surface area contributed by atoms with Crippen molar-refractivity contribution in [2.45, 2.75) is 31.0 Å². The summed E-state index contributed by atoms with van der Waals surface area (Å²) in [4.78, 5) is 3.93. The fourth-order valence-electron chi connectivity index (χ4n) is 2.58. The Kier molecular flexibility index (Phi) is 4.71. The van der Waals surface area contributed by atoms with Crippen LogP contribution in [-0.4, -0.2) is 36.5 Å². The van der Waals surface area contributed by atoms with Crippen molar-refractivity contribution in [3.8, 4) is 0 Å². The molecule has 0 radical (unpaired) electrons. The van der Waals surface area contributed by atoms with Crippen LogP contribution in [0, 0.1) is 0 Å². The molecule has 1 aromatic rings. The molecule has 2 N–H and O–H groups in total. The van der Waals surface area contributed by atoms with Crippen molar-refractivity contribution in [3.63, 3.8) is 0 Å². The summed E-state index contributed by atoms with van der Waals surface area (Å²) in [6, 6.07) is 6.22. The first-order chi connectivity index (χ1) is 9.02. The third-order valence-electron chi connectivity index (χ3n) is 3.23. The number of thioether (sulfide) groups is 1. The van der Waals surface area contributed by atoms with E-state index in [1.807, 2.05) is 6.26 Å². The number of morpholine rings is 1. The maximum atomic E-state index is 5.93. The second-order valence-corrected chi connectivity index (χ2v) is 6.17. The Hall–Kier alpha value is -0.780. The van der Waals surface area contributed by atoms with Crippen LogP contribution in [0.15, 0.2) is 23.1 Å². The zero-order chi connectivity index (χ0) is 14.0. The molecular formula is C14H20N2OS2. The quantitative estimate of drug-likeness (QED) is 0.686. The van der Waals surface area contributed by atoms with Gasteiger partial charge in [0.1, 0.15) is 4.99 Å². The molecule has 0 aromatic heterocycles. The zero-order valence-electron chi connectivity index (χ0n) is 11.6. The fraction of sp³-hybridized carbons (Fsp3) is 0.500. The van der Waals surface area contributed by atoms with Crippen molar-refractivity contribution >= 4 is 34.7 Å². The van der Waals surface area contributed by atoms with Crippen molar-refractivity contribution < 1.29 is 4.74 Å². The van der Waals surface area contributed by atoms with E-state index in [9.17, 15) is 0 Å². The highest BCUT2D eigenvalue weighted by Gasteiger charge is 2.25.